The van der Waals surface area contributed by atoms with E-state index in [1.165, 1.54) is 5.57 Å². The van der Waals surface area contributed by atoms with Crippen molar-refractivity contribution < 1.29 is 9.90 Å². The predicted octanol–water partition coefficient (Wildman–Crippen LogP) is 3.73. The van der Waals surface area contributed by atoms with Crippen molar-refractivity contribution in [1.29, 1.82) is 0 Å². The van der Waals surface area contributed by atoms with Crippen LogP contribution in [0.5, 0.6) is 0 Å². The summed E-state index contributed by atoms with van der Waals surface area (Å²) in [4.78, 5) is 10.7. The van der Waals surface area contributed by atoms with Crippen LogP contribution in [0, 0.1) is 17.8 Å². The summed E-state index contributed by atoms with van der Waals surface area (Å²) in [6.07, 6.45) is 2.91. The molecule has 0 amide bonds. The molecule has 15 heavy (non-hydrogen) atoms. The summed E-state index contributed by atoms with van der Waals surface area (Å²) in [7, 11) is 0. The van der Waals surface area contributed by atoms with E-state index in [2.05, 4.69) is 20.4 Å². The van der Waals surface area contributed by atoms with Gasteiger partial charge in [-0.15, -0.1) is 6.58 Å². The molecular weight excluding hydrogens is 188 g/mol. The van der Waals surface area contributed by atoms with Crippen molar-refractivity contribution in [3.63, 3.8) is 0 Å². The highest BCUT2D eigenvalue weighted by Gasteiger charge is 2.16. The number of carboxylic acids is 1. The average molecular weight is 212 g/mol. The second-order valence-corrected chi connectivity index (χ2v) is 5.08. The normalized spacial score (nSPS) is 16.8. The summed E-state index contributed by atoms with van der Waals surface area (Å²) in [5, 5.41) is 8.80. The van der Waals surface area contributed by atoms with Crippen LogP contribution in [0.3, 0.4) is 0 Å². The fourth-order valence-corrected chi connectivity index (χ4v) is 2.17. The molecule has 0 aliphatic rings. The highest BCUT2D eigenvalue weighted by molar-refractivity contribution is 5.69. The van der Waals surface area contributed by atoms with Gasteiger partial charge in [-0.1, -0.05) is 26.3 Å². The molecule has 0 aliphatic heterocycles. The standard InChI is InChI=1S/C13H24O2/c1-9(2)6-10(3)7-11(4)8-12(5)13(14)15/h10-12H,1,6-8H2,2-5H3,(H,14,15)/t10-,11-,12+/m1/s1. The quantitative estimate of drug-likeness (QED) is 0.653. The van der Waals surface area contributed by atoms with Gasteiger partial charge in [0.2, 0.25) is 0 Å². The Balaban J connectivity index is 3.87. The lowest BCUT2D eigenvalue weighted by Gasteiger charge is -2.18. The minimum Gasteiger partial charge on any atom is -0.481 e. The van der Waals surface area contributed by atoms with Crippen LogP contribution < -0.4 is 0 Å². The van der Waals surface area contributed by atoms with Gasteiger partial charge in [0.25, 0.3) is 0 Å². The number of aliphatic carboxylic acids is 1. The molecular formula is C13H24O2. The van der Waals surface area contributed by atoms with Crippen molar-refractivity contribution in [3.05, 3.63) is 12.2 Å². The smallest absolute Gasteiger partial charge is 0.306 e. The highest BCUT2D eigenvalue weighted by atomic mass is 16.4. The third-order valence-electron chi connectivity index (χ3n) is 2.68. The molecule has 0 saturated heterocycles. The van der Waals surface area contributed by atoms with Crippen LogP contribution >= 0.6 is 0 Å². The van der Waals surface area contributed by atoms with E-state index in [1.54, 1.807) is 6.92 Å². The molecule has 0 radical (unpaired) electrons. The summed E-state index contributed by atoms with van der Waals surface area (Å²) in [5.74, 6) is 0.176. The van der Waals surface area contributed by atoms with Gasteiger partial charge in [-0.2, -0.15) is 0 Å². The monoisotopic (exact) mass is 212 g/mol. The molecule has 0 saturated carbocycles. The zero-order valence-electron chi connectivity index (χ0n) is 10.4. The Morgan fingerprint density at radius 1 is 1.20 bits per heavy atom. The SMILES string of the molecule is C=C(C)C[C@@H](C)C[C@@H](C)C[C@H](C)C(=O)O. The Kier molecular flexibility index (Phi) is 6.30. The summed E-state index contributed by atoms with van der Waals surface area (Å²) >= 11 is 0. The molecule has 0 bridgehead atoms. The molecule has 0 aromatic heterocycles. The van der Waals surface area contributed by atoms with Crippen molar-refractivity contribution in [3.8, 4) is 0 Å². The lowest BCUT2D eigenvalue weighted by atomic mass is 9.87. The summed E-state index contributed by atoms with van der Waals surface area (Å²) < 4.78 is 0. The summed E-state index contributed by atoms with van der Waals surface area (Å²) in [5.41, 5.74) is 1.21. The minimum absolute atomic E-state index is 0.225. The molecule has 0 spiro atoms. The first-order chi connectivity index (χ1) is 6.82. The van der Waals surface area contributed by atoms with E-state index in [0.29, 0.717) is 11.8 Å². The third-order valence-corrected chi connectivity index (χ3v) is 2.68. The van der Waals surface area contributed by atoms with E-state index >= 15 is 0 Å². The van der Waals surface area contributed by atoms with Crippen LogP contribution in [-0.2, 0) is 4.79 Å². The van der Waals surface area contributed by atoms with E-state index in [0.717, 1.165) is 19.3 Å². The molecule has 0 heterocycles. The number of hydrogen-bond donors (Lipinski definition) is 1. The molecule has 88 valence electrons. The van der Waals surface area contributed by atoms with Gasteiger partial charge in [0.05, 0.1) is 5.92 Å². The van der Waals surface area contributed by atoms with E-state index in [4.69, 9.17) is 5.11 Å². The van der Waals surface area contributed by atoms with Crippen LogP contribution in [0.15, 0.2) is 12.2 Å². The lowest BCUT2D eigenvalue weighted by molar-refractivity contribution is -0.141. The maximum atomic E-state index is 10.7. The number of rotatable bonds is 7. The van der Waals surface area contributed by atoms with E-state index in [1.807, 2.05) is 6.92 Å². The number of carbonyl (C=O) groups is 1. The first-order valence-corrected chi connectivity index (χ1v) is 5.70. The van der Waals surface area contributed by atoms with E-state index < -0.39 is 5.97 Å². The first kappa shape index (κ1) is 14.2. The van der Waals surface area contributed by atoms with Crippen molar-refractivity contribution in [2.24, 2.45) is 17.8 Å². The maximum absolute atomic E-state index is 10.7. The van der Waals surface area contributed by atoms with Gasteiger partial charge in [0.1, 0.15) is 0 Å². The van der Waals surface area contributed by atoms with Gasteiger partial charge in [0, 0.05) is 0 Å². The Morgan fingerprint density at radius 2 is 1.73 bits per heavy atom. The average Bonchev–Trinajstić information content (AvgIpc) is 2.00. The second kappa shape index (κ2) is 6.65. The summed E-state index contributed by atoms with van der Waals surface area (Å²) in [6, 6.07) is 0. The van der Waals surface area contributed by atoms with E-state index in [9.17, 15) is 4.79 Å². The van der Waals surface area contributed by atoms with Gasteiger partial charge in [-0.3, -0.25) is 4.79 Å². The Bertz CT molecular complexity index is 221. The molecule has 2 heteroatoms. The van der Waals surface area contributed by atoms with Crippen LogP contribution in [0.4, 0.5) is 0 Å². The number of carboxylic acid groups (broad SMARTS) is 1. The largest absolute Gasteiger partial charge is 0.481 e. The van der Waals surface area contributed by atoms with Crippen LogP contribution in [0.25, 0.3) is 0 Å². The van der Waals surface area contributed by atoms with Gasteiger partial charge >= 0.3 is 5.97 Å². The maximum Gasteiger partial charge on any atom is 0.306 e. The molecule has 0 unspecified atom stereocenters. The fourth-order valence-electron chi connectivity index (χ4n) is 2.17. The molecule has 1 N–H and O–H groups in total. The van der Waals surface area contributed by atoms with Crippen LogP contribution in [0.1, 0.15) is 47.0 Å². The molecule has 0 aromatic rings. The second-order valence-electron chi connectivity index (χ2n) is 5.08. The van der Waals surface area contributed by atoms with Crippen molar-refractivity contribution in [2.45, 2.75) is 47.0 Å². The topological polar surface area (TPSA) is 37.3 Å². The number of allylic oxidation sites excluding steroid dienone is 1. The zero-order chi connectivity index (χ0) is 12.0. The van der Waals surface area contributed by atoms with Gasteiger partial charge in [-0.05, 0) is 38.0 Å². The Morgan fingerprint density at radius 3 is 2.13 bits per heavy atom. The predicted molar refractivity (Wildman–Crippen MR) is 63.8 cm³/mol. The van der Waals surface area contributed by atoms with Crippen LogP contribution in [0.2, 0.25) is 0 Å². The Hall–Kier alpha value is -0.790. The highest BCUT2D eigenvalue weighted by Crippen LogP contribution is 2.23. The molecule has 0 aromatic carbocycles. The lowest BCUT2D eigenvalue weighted by Crippen LogP contribution is -2.14. The van der Waals surface area contributed by atoms with Gasteiger partial charge in [-0.25, -0.2) is 0 Å². The molecule has 0 fully saturated rings. The van der Waals surface area contributed by atoms with Crippen molar-refractivity contribution in [2.75, 3.05) is 0 Å². The summed E-state index contributed by atoms with van der Waals surface area (Å²) in [6.45, 7) is 12.1. The van der Waals surface area contributed by atoms with Crippen molar-refractivity contribution in [1.82, 2.24) is 0 Å². The molecule has 3 atom stereocenters. The van der Waals surface area contributed by atoms with Gasteiger partial charge in [0.15, 0.2) is 0 Å². The minimum atomic E-state index is -0.686. The molecule has 0 aliphatic carbocycles. The van der Waals surface area contributed by atoms with Crippen molar-refractivity contribution >= 4 is 5.97 Å². The number of hydrogen-bond acceptors (Lipinski definition) is 1. The molecule has 2 nitrogen and oxygen atoms in total. The fraction of sp³-hybridized carbons (Fsp3) is 0.769. The van der Waals surface area contributed by atoms with Gasteiger partial charge < -0.3 is 5.11 Å². The zero-order valence-corrected chi connectivity index (χ0v) is 10.4. The Labute approximate surface area is 93.4 Å². The first-order valence-electron chi connectivity index (χ1n) is 5.70. The van der Waals surface area contributed by atoms with Crippen LogP contribution in [-0.4, -0.2) is 11.1 Å². The molecule has 0 rings (SSSR count). The van der Waals surface area contributed by atoms with E-state index in [-0.39, 0.29) is 5.92 Å². The third kappa shape index (κ3) is 7.18.